The first kappa shape index (κ1) is 12.9. The predicted octanol–water partition coefficient (Wildman–Crippen LogP) is -1.17. The summed E-state index contributed by atoms with van der Waals surface area (Å²) in [6, 6.07) is 0. The fraction of sp³-hybridized carbons (Fsp3) is 0.750. The first-order valence-corrected chi connectivity index (χ1v) is 4.03. The van der Waals surface area contributed by atoms with E-state index in [4.69, 9.17) is 0 Å². The summed E-state index contributed by atoms with van der Waals surface area (Å²) in [5, 5.41) is 18.7. The summed E-state index contributed by atoms with van der Waals surface area (Å²) < 4.78 is 8.64. The zero-order valence-corrected chi connectivity index (χ0v) is 8.31. The van der Waals surface area contributed by atoms with E-state index in [1.807, 2.05) is 0 Å². The summed E-state index contributed by atoms with van der Waals surface area (Å²) >= 11 is 0. The average molecular weight is 206 g/mol. The molecule has 0 aliphatic rings. The van der Waals surface area contributed by atoms with Gasteiger partial charge in [0, 0.05) is 0 Å². The minimum Gasteiger partial charge on any atom is -0.467 e. The van der Waals surface area contributed by atoms with Crippen LogP contribution in [0.4, 0.5) is 0 Å². The molecule has 0 aromatic carbocycles. The van der Waals surface area contributed by atoms with Crippen LogP contribution in [0.15, 0.2) is 0 Å². The lowest BCUT2D eigenvalue weighted by Crippen LogP contribution is -2.52. The number of hydrogen-bond acceptors (Lipinski definition) is 6. The second kappa shape index (κ2) is 4.92. The largest absolute Gasteiger partial charge is 0.467 e. The molecule has 0 aliphatic heterocycles. The molecule has 0 spiro atoms. The maximum Gasteiger partial charge on any atom is 0.340 e. The van der Waals surface area contributed by atoms with E-state index >= 15 is 0 Å². The number of ether oxygens (including phenoxy) is 2. The highest BCUT2D eigenvalue weighted by atomic mass is 16.6. The lowest BCUT2D eigenvalue weighted by atomic mass is 10.00. The van der Waals surface area contributed by atoms with Crippen LogP contribution in [-0.4, -0.2) is 47.6 Å². The third-order valence-corrected chi connectivity index (χ3v) is 1.64. The summed E-state index contributed by atoms with van der Waals surface area (Å²) in [6.07, 6.45) is -1.95. The van der Waals surface area contributed by atoms with Gasteiger partial charge in [-0.2, -0.15) is 0 Å². The molecule has 0 saturated carbocycles. The molecule has 14 heavy (non-hydrogen) atoms. The number of aliphatic hydroxyl groups is 2. The quantitative estimate of drug-likeness (QED) is 0.563. The minimum absolute atomic E-state index is 0.0488. The first-order valence-electron chi connectivity index (χ1n) is 4.03. The van der Waals surface area contributed by atoms with Crippen molar-refractivity contribution in [3.63, 3.8) is 0 Å². The van der Waals surface area contributed by atoms with E-state index in [9.17, 15) is 19.8 Å². The van der Waals surface area contributed by atoms with Crippen molar-refractivity contribution in [2.75, 3.05) is 13.7 Å². The number of carbonyl (C=O) groups is 2. The Morgan fingerprint density at radius 2 is 2.00 bits per heavy atom. The third kappa shape index (κ3) is 2.68. The zero-order valence-electron chi connectivity index (χ0n) is 8.31. The number of carbonyl (C=O) groups excluding carboxylic acids is 2. The molecule has 6 nitrogen and oxygen atoms in total. The van der Waals surface area contributed by atoms with Gasteiger partial charge in [0.2, 0.25) is 0 Å². The van der Waals surface area contributed by atoms with Crippen molar-refractivity contribution in [3.05, 3.63) is 0 Å². The van der Waals surface area contributed by atoms with Crippen LogP contribution in [0.5, 0.6) is 0 Å². The minimum atomic E-state index is -2.29. The van der Waals surface area contributed by atoms with E-state index in [2.05, 4.69) is 9.47 Å². The molecule has 2 atom stereocenters. The highest BCUT2D eigenvalue weighted by Gasteiger charge is 2.44. The molecule has 0 fully saturated rings. The Morgan fingerprint density at radius 1 is 1.50 bits per heavy atom. The molecule has 0 rings (SSSR count). The van der Waals surface area contributed by atoms with E-state index in [1.165, 1.54) is 6.92 Å². The van der Waals surface area contributed by atoms with Crippen molar-refractivity contribution < 1.29 is 29.3 Å². The standard InChI is InChI=1S/C8H14O6/c1-4-14-6(10)5(9)8(2,12)7(11)13-3/h5,9,12H,4H2,1-3H3/t5-,8+/m1/s1. The average Bonchev–Trinajstić information content (AvgIpc) is 2.15. The van der Waals surface area contributed by atoms with Gasteiger partial charge < -0.3 is 19.7 Å². The van der Waals surface area contributed by atoms with Gasteiger partial charge in [0.15, 0.2) is 11.7 Å². The lowest BCUT2D eigenvalue weighted by Gasteiger charge is -2.24. The monoisotopic (exact) mass is 206 g/mol. The number of hydrogen-bond donors (Lipinski definition) is 2. The van der Waals surface area contributed by atoms with Crippen LogP contribution in [-0.2, 0) is 19.1 Å². The fourth-order valence-corrected chi connectivity index (χ4v) is 0.769. The third-order valence-electron chi connectivity index (χ3n) is 1.64. The van der Waals surface area contributed by atoms with Crippen molar-refractivity contribution >= 4 is 11.9 Å². The molecule has 0 heterocycles. The molecule has 0 aromatic rings. The molecular formula is C8H14O6. The number of aliphatic hydroxyl groups excluding tert-OH is 1. The van der Waals surface area contributed by atoms with Gasteiger partial charge >= 0.3 is 11.9 Å². The summed E-state index contributed by atoms with van der Waals surface area (Å²) in [5.74, 6) is -2.17. The van der Waals surface area contributed by atoms with Crippen LogP contribution in [0.1, 0.15) is 13.8 Å². The molecule has 0 saturated heterocycles. The maximum absolute atomic E-state index is 11.0. The Labute approximate surface area is 81.4 Å². The summed E-state index contributed by atoms with van der Waals surface area (Å²) in [4.78, 5) is 21.9. The molecule has 0 radical (unpaired) electrons. The topological polar surface area (TPSA) is 93.1 Å². The van der Waals surface area contributed by atoms with Crippen molar-refractivity contribution in [2.45, 2.75) is 25.6 Å². The smallest absolute Gasteiger partial charge is 0.340 e. The van der Waals surface area contributed by atoms with Crippen molar-refractivity contribution in [1.82, 2.24) is 0 Å². The van der Waals surface area contributed by atoms with Gasteiger partial charge in [0.25, 0.3) is 0 Å². The summed E-state index contributed by atoms with van der Waals surface area (Å²) in [7, 11) is 1.04. The number of esters is 2. The van der Waals surface area contributed by atoms with Crippen LogP contribution in [0, 0.1) is 0 Å². The van der Waals surface area contributed by atoms with Gasteiger partial charge in [0.05, 0.1) is 13.7 Å². The molecule has 0 aliphatic carbocycles. The van der Waals surface area contributed by atoms with Gasteiger partial charge in [0.1, 0.15) is 0 Å². The van der Waals surface area contributed by atoms with Crippen LogP contribution in [0.3, 0.4) is 0 Å². The Kier molecular flexibility index (Phi) is 4.52. The Hall–Kier alpha value is -1.14. The van der Waals surface area contributed by atoms with Crippen molar-refractivity contribution in [2.24, 2.45) is 0 Å². The number of methoxy groups -OCH3 is 1. The molecule has 0 amide bonds. The summed E-state index contributed by atoms with van der Waals surface area (Å²) in [5.41, 5.74) is -2.29. The second-order valence-corrected chi connectivity index (χ2v) is 2.79. The van der Waals surface area contributed by atoms with Crippen LogP contribution >= 0.6 is 0 Å². The Balaban J connectivity index is 4.56. The molecule has 0 bridgehead atoms. The van der Waals surface area contributed by atoms with Crippen molar-refractivity contribution in [3.8, 4) is 0 Å². The highest BCUT2D eigenvalue weighted by Crippen LogP contribution is 2.13. The second-order valence-electron chi connectivity index (χ2n) is 2.79. The maximum atomic E-state index is 11.0. The van der Waals surface area contributed by atoms with Crippen LogP contribution in [0.25, 0.3) is 0 Å². The van der Waals surface area contributed by atoms with Gasteiger partial charge in [-0.05, 0) is 13.8 Å². The van der Waals surface area contributed by atoms with Crippen molar-refractivity contribution in [1.29, 1.82) is 0 Å². The zero-order chi connectivity index (χ0) is 11.4. The van der Waals surface area contributed by atoms with E-state index < -0.39 is 23.6 Å². The molecule has 6 heteroatoms. The lowest BCUT2D eigenvalue weighted by molar-refractivity contribution is -0.185. The molecule has 2 N–H and O–H groups in total. The molecule has 0 aromatic heterocycles. The normalized spacial score (nSPS) is 16.6. The van der Waals surface area contributed by atoms with Gasteiger partial charge in [-0.1, -0.05) is 0 Å². The number of rotatable bonds is 4. The molecule has 82 valence electrons. The predicted molar refractivity (Wildman–Crippen MR) is 45.3 cm³/mol. The fourth-order valence-electron chi connectivity index (χ4n) is 0.769. The highest BCUT2D eigenvalue weighted by molar-refractivity contribution is 5.88. The molecule has 0 unspecified atom stereocenters. The van der Waals surface area contributed by atoms with Crippen LogP contribution in [0.2, 0.25) is 0 Å². The summed E-state index contributed by atoms with van der Waals surface area (Å²) in [6.45, 7) is 2.56. The first-order chi connectivity index (χ1) is 6.37. The van der Waals surface area contributed by atoms with Gasteiger partial charge in [-0.25, -0.2) is 9.59 Å². The van der Waals surface area contributed by atoms with Gasteiger partial charge in [-0.3, -0.25) is 0 Å². The van der Waals surface area contributed by atoms with Crippen LogP contribution < -0.4 is 0 Å². The Morgan fingerprint density at radius 3 is 2.36 bits per heavy atom. The van der Waals surface area contributed by atoms with E-state index in [0.717, 1.165) is 14.0 Å². The SMILES string of the molecule is CCOC(=O)[C@@H](O)[C@](C)(O)C(=O)OC. The Bertz CT molecular complexity index is 222. The van der Waals surface area contributed by atoms with Gasteiger partial charge in [-0.15, -0.1) is 0 Å². The van der Waals surface area contributed by atoms with E-state index in [1.54, 1.807) is 0 Å². The van der Waals surface area contributed by atoms with E-state index in [-0.39, 0.29) is 6.61 Å². The molecular weight excluding hydrogens is 192 g/mol. The van der Waals surface area contributed by atoms with E-state index in [0.29, 0.717) is 0 Å².